The van der Waals surface area contributed by atoms with Gasteiger partial charge in [-0.2, -0.15) is 4.89 Å². The smallest absolute Gasteiger partial charge is 0.220 e. The van der Waals surface area contributed by atoms with Crippen LogP contribution in [0, 0.1) is 23.2 Å². The number of carbonyl (C=O) groups is 1. The zero-order chi connectivity index (χ0) is 26.9. The van der Waals surface area contributed by atoms with Crippen molar-refractivity contribution in [3.8, 4) is 0 Å². The van der Waals surface area contributed by atoms with Gasteiger partial charge in [0.15, 0.2) is 11.7 Å². The normalized spacial score (nSPS) is 33.4. The van der Waals surface area contributed by atoms with Gasteiger partial charge >= 0.3 is 0 Å². The molecule has 1 saturated carbocycles. The molecule has 0 radical (unpaired) electrons. The van der Waals surface area contributed by atoms with Crippen LogP contribution < -0.4 is 5.32 Å². The van der Waals surface area contributed by atoms with E-state index in [1.807, 2.05) is 37.3 Å². The van der Waals surface area contributed by atoms with Crippen molar-refractivity contribution in [3.05, 3.63) is 35.9 Å². The van der Waals surface area contributed by atoms with Crippen molar-refractivity contribution in [2.45, 2.75) is 103 Å². The van der Waals surface area contributed by atoms with Gasteiger partial charge in [-0.3, -0.25) is 4.79 Å². The molecule has 7 nitrogen and oxygen atoms in total. The molecule has 37 heavy (non-hydrogen) atoms. The summed E-state index contributed by atoms with van der Waals surface area (Å²) in [5.74, 6) is -1.60. The summed E-state index contributed by atoms with van der Waals surface area (Å²) in [5.41, 5.74) is 1.10. The summed E-state index contributed by atoms with van der Waals surface area (Å²) in [6, 6.07) is 9.99. The van der Waals surface area contributed by atoms with E-state index in [0.717, 1.165) is 31.2 Å². The first-order chi connectivity index (χ1) is 17.3. The van der Waals surface area contributed by atoms with E-state index in [4.69, 9.17) is 24.0 Å². The van der Waals surface area contributed by atoms with Crippen molar-refractivity contribution >= 4 is 14.0 Å². The Morgan fingerprint density at radius 3 is 2.35 bits per heavy atom. The number of hydrogen-bond donors (Lipinski definition) is 1. The standard InChI is InChI=1S/C29H47NO6Si/c1-21-13-14-23(17-25(31)30-18-22-11-9-8-10-12-22)29(34-26(35-36-29)37(5,6)7)24(21)15-16-28(4)32-19-27(2,3)20-33-28/h8-12,21,23-24,26H,13-20H2,1-7H3,(H,30,31)/t21-,23+,24+,26?,29?/m1/s1. The monoisotopic (exact) mass is 533 g/mol. The maximum Gasteiger partial charge on any atom is 0.220 e. The molecule has 5 atom stereocenters. The maximum absolute atomic E-state index is 13.1. The first kappa shape index (κ1) is 28.7. The third-order valence-corrected chi connectivity index (χ3v) is 9.85. The van der Waals surface area contributed by atoms with Crippen LogP contribution >= 0.6 is 0 Å². The summed E-state index contributed by atoms with van der Waals surface area (Å²) in [6.07, 6.45) is 3.75. The van der Waals surface area contributed by atoms with Crippen molar-refractivity contribution in [3.63, 3.8) is 0 Å². The van der Waals surface area contributed by atoms with E-state index in [-0.39, 0.29) is 29.1 Å². The van der Waals surface area contributed by atoms with Crippen LogP contribution in [0.2, 0.25) is 19.6 Å². The summed E-state index contributed by atoms with van der Waals surface area (Å²) < 4.78 is 19.2. The van der Waals surface area contributed by atoms with Crippen LogP contribution in [-0.4, -0.2) is 44.7 Å². The van der Waals surface area contributed by atoms with E-state index in [0.29, 0.717) is 32.1 Å². The van der Waals surface area contributed by atoms with Gasteiger partial charge in [-0.05, 0) is 37.7 Å². The second kappa shape index (κ2) is 11.1. The summed E-state index contributed by atoms with van der Waals surface area (Å²) in [7, 11) is -1.82. The lowest BCUT2D eigenvalue weighted by Crippen LogP contribution is -2.55. The van der Waals surface area contributed by atoms with Crippen molar-refractivity contribution in [2.75, 3.05) is 13.2 Å². The summed E-state index contributed by atoms with van der Waals surface area (Å²) >= 11 is 0. The van der Waals surface area contributed by atoms with Crippen molar-refractivity contribution in [1.29, 1.82) is 0 Å². The number of ether oxygens (including phenoxy) is 3. The first-order valence-electron chi connectivity index (χ1n) is 13.9. The van der Waals surface area contributed by atoms with Crippen LogP contribution in [0.25, 0.3) is 0 Å². The van der Waals surface area contributed by atoms with E-state index in [1.165, 1.54) is 0 Å². The molecule has 0 aromatic heterocycles. The third-order valence-electron chi connectivity index (χ3n) is 8.22. The van der Waals surface area contributed by atoms with Gasteiger partial charge in [0, 0.05) is 36.6 Å². The molecular formula is C29H47NO6Si. The van der Waals surface area contributed by atoms with E-state index in [9.17, 15) is 4.79 Å². The Hall–Kier alpha value is -1.29. The molecule has 8 heteroatoms. The zero-order valence-corrected chi connectivity index (χ0v) is 24.8. The Bertz CT molecular complexity index is 909. The topological polar surface area (TPSA) is 75.3 Å². The van der Waals surface area contributed by atoms with E-state index in [1.54, 1.807) is 0 Å². The predicted molar refractivity (Wildman–Crippen MR) is 145 cm³/mol. The van der Waals surface area contributed by atoms with E-state index >= 15 is 0 Å². The van der Waals surface area contributed by atoms with Crippen molar-refractivity contribution < 1.29 is 28.8 Å². The molecule has 1 N–H and O–H groups in total. The fraction of sp³-hybridized carbons (Fsp3) is 0.759. The van der Waals surface area contributed by atoms with Gasteiger partial charge in [0.2, 0.25) is 11.7 Å². The summed E-state index contributed by atoms with van der Waals surface area (Å²) in [6.45, 7) is 17.1. The van der Waals surface area contributed by atoms with Gasteiger partial charge in [-0.15, -0.1) is 0 Å². The highest BCUT2D eigenvalue weighted by Crippen LogP contribution is 2.53. The molecule has 1 amide bonds. The number of benzene rings is 1. The Morgan fingerprint density at radius 1 is 1.05 bits per heavy atom. The maximum atomic E-state index is 13.1. The van der Waals surface area contributed by atoms with Crippen LogP contribution in [-0.2, 0) is 35.3 Å². The highest BCUT2D eigenvalue weighted by molar-refractivity contribution is 6.77. The average molecular weight is 534 g/mol. The van der Waals surface area contributed by atoms with E-state index in [2.05, 4.69) is 45.7 Å². The number of hydrogen-bond acceptors (Lipinski definition) is 6. The summed E-state index contributed by atoms with van der Waals surface area (Å²) in [4.78, 5) is 25.3. The lowest BCUT2D eigenvalue weighted by Gasteiger charge is -2.48. The Kier molecular flexibility index (Phi) is 8.58. The molecule has 208 valence electrons. The van der Waals surface area contributed by atoms with Gasteiger partial charge in [-0.1, -0.05) is 70.7 Å². The lowest BCUT2D eigenvalue weighted by atomic mass is 9.67. The largest absolute Gasteiger partial charge is 0.352 e. The minimum absolute atomic E-state index is 0.0123. The summed E-state index contributed by atoms with van der Waals surface area (Å²) in [5, 5.41) is 3.10. The van der Waals surface area contributed by atoms with Crippen LogP contribution in [0.4, 0.5) is 0 Å². The van der Waals surface area contributed by atoms with Gasteiger partial charge in [0.25, 0.3) is 0 Å². The average Bonchev–Trinajstić information content (AvgIpc) is 3.29. The molecule has 0 bridgehead atoms. The quantitative estimate of drug-likeness (QED) is 0.336. The molecular weight excluding hydrogens is 486 g/mol. The molecule has 2 unspecified atom stereocenters. The van der Waals surface area contributed by atoms with Gasteiger partial charge in [0.05, 0.1) is 13.2 Å². The van der Waals surface area contributed by atoms with Crippen molar-refractivity contribution in [2.24, 2.45) is 23.2 Å². The number of carbonyl (C=O) groups excluding carboxylic acids is 1. The zero-order valence-electron chi connectivity index (χ0n) is 23.8. The Labute approximate surface area is 223 Å². The number of amides is 1. The fourth-order valence-corrected chi connectivity index (χ4v) is 6.56. The minimum Gasteiger partial charge on any atom is -0.352 e. The minimum atomic E-state index is -1.82. The molecule has 2 saturated heterocycles. The van der Waals surface area contributed by atoms with Crippen LogP contribution in [0.5, 0.6) is 0 Å². The Morgan fingerprint density at radius 2 is 1.73 bits per heavy atom. The fourth-order valence-electron chi connectivity index (χ4n) is 5.69. The molecule has 1 spiro atoms. The second-order valence-corrected chi connectivity index (χ2v) is 18.7. The first-order valence-corrected chi connectivity index (χ1v) is 17.5. The number of rotatable bonds is 8. The predicted octanol–water partition coefficient (Wildman–Crippen LogP) is 5.80. The third kappa shape index (κ3) is 6.83. The molecule has 3 fully saturated rings. The molecule has 3 aliphatic rings. The molecule has 2 heterocycles. The highest BCUT2D eigenvalue weighted by atomic mass is 28.3. The van der Waals surface area contributed by atoms with Gasteiger partial charge in [-0.25, -0.2) is 4.89 Å². The highest BCUT2D eigenvalue weighted by Gasteiger charge is 2.60. The number of nitrogens with one attached hydrogen (secondary N) is 1. The molecule has 2 aliphatic heterocycles. The Balaban J connectivity index is 1.49. The second-order valence-electron chi connectivity index (χ2n) is 13.5. The van der Waals surface area contributed by atoms with Crippen molar-refractivity contribution in [1.82, 2.24) is 5.32 Å². The van der Waals surface area contributed by atoms with Crippen LogP contribution in [0.15, 0.2) is 30.3 Å². The molecule has 4 rings (SSSR count). The van der Waals surface area contributed by atoms with E-state index < -0.39 is 19.6 Å². The molecule has 1 aliphatic carbocycles. The molecule has 1 aromatic rings. The van der Waals surface area contributed by atoms with Crippen LogP contribution in [0.3, 0.4) is 0 Å². The van der Waals surface area contributed by atoms with Gasteiger partial charge in [0.1, 0.15) is 8.07 Å². The molecule has 1 aromatic carbocycles. The SMILES string of the molecule is C[C@@H]1CC[C@@H](CC(=O)NCc2ccccc2)C2(OOC([Si](C)(C)C)O2)[C@H]1CCC1(C)OCC(C)(C)CO1. The van der Waals surface area contributed by atoms with Gasteiger partial charge < -0.3 is 19.5 Å². The van der Waals surface area contributed by atoms with Crippen LogP contribution in [0.1, 0.15) is 65.4 Å². The lowest BCUT2D eigenvalue weighted by molar-refractivity contribution is -0.370.